The maximum absolute atomic E-state index is 12.1. The highest BCUT2D eigenvalue weighted by Crippen LogP contribution is 2.34. The van der Waals surface area contributed by atoms with Gasteiger partial charge in [0.2, 0.25) is 0 Å². The molecule has 0 spiro atoms. The van der Waals surface area contributed by atoms with E-state index in [1.807, 2.05) is 49.4 Å². The number of ether oxygens (including phenoxy) is 1. The highest BCUT2D eigenvalue weighted by atomic mass is 79.9. The number of aryl methyl sites for hydroxylation is 2. The molecule has 0 saturated carbocycles. The Morgan fingerprint density at radius 2 is 1.92 bits per heavy atom. The van der Waals surface area contributed by atoms with E-state index in [2.05, 4.69) is 27.0 Å². The first-order valence-corrected chi connectivity index (χ1v) is 8.89. The van der Waals surface area contributed by atoms with Gasteiger partial charge in [-0.15, -0.1) is 0 Å². The van der Waals surface area contributed by atoms with E-state index in [0.29, 0.717) is 29.2 Å². The van der Waals surface area contributed by atoms with Crippen molar-refractivity contribution in [3.05, 3.63) is 85.7 Å². The van der Waals surface area contributed by atoms with Gasteiger partial charge in [-0.05, 0) is 43.7 Å². The summed E-state index contributed by atoms with van der Waals surface area (Å²) in [7, 11) is 0. The average molecular weight is 409 g/mol. The van der Waals surface area contributed by atoms with Crippen molar-refractivity contribution < 1.29 is 4.74 Å². The van der Waals surface area contributed by atoms with Crippen molar-refractivity contribution in [3.63, 3.8) is 0 Å². The third-order valence-corrected chi connectivity index (χ3v) is 4.48. The van der Waals surface area contributed by atoms with Crippen molar-refractivity contribution in [1.29, 1.82) is 5.26 Å². The van der Waals surface area contributed by atoms with Gasteiger partial charge in [0.05, 0.1) is 0 Å². The second kappa shape index (κ2) is 7.59. The number of nitrogens with zero attached hydrogens (tertiary/aromatic N) is 1. The summed E-state index contributed by atoms with van der Waals surface area (Å²) in [5, 5.41) is 9.43. The Balaban J connectivity index is 2.05. The largest absolute Gasteiger partial charge is 0.488 e. The number of hydrogen-bond donors (Lipinski definition) is 1. The highest BCUT2D eigenvalue weighted by molar-refractivity contribution is 9.10. The maximum Gasteiger partial charge on any atom is 0.266 e. The quantitative estimate of drug-likeness (QED) is 0.669. The molecule has 0 bridgehead atoms. The first-order chi connectivity index (χ1) is 12.5. The lowest BCUT2D eigenvalue weighted by Crippen LogP contribution is -2.13. The minimum Gasteiger partial charge on any atom is -0.488 e. The van der Waals surface area contributed by atoms with Crippen LogP contribution in [0.3, 0.4) is 0 Å². The Labute approximate surface area is 160 Å². The molecular formula is C21H17BrN2O2. The summed E-state index contributed by atoms with van der Waals surface area (Å²) >= 11 is 3.46. The molecule has 0 radical (unpaired) electrons. The molecule has 2 aromatic carbocycles. The van der Waals surface area contributed by atoms with E-state index in [0.717, 1.165) is 10.0 Å². The molecule has 0 amide bonds. The predicted octanol–water partition coefficient (Wildman–Crippen LogP) is 4.87. The molecule has 0 unspecified atom stereocenters. The minimum atomic E-state index is -0.396. The number of H-pyrrole nitrogens is 1. The van der Waals surface area contributed by atoms with Crippen molar-refractivity contribution in [1.82, 2.24) is 4.98 Å². The summed E-state index contributed by atoms with van der Waals surface area (Å²) in [6.07, 6.45) is 0. The number of aromatic nitrogens is 1. The van der Waals surface area contributed by atoms with Gasteiger partial charge in [-0.2, -0.15) is 5.26 Å². The minimum absolute atomic E-state index is 0.0779. The second-order valence-electron chi connectivity index (χ2n) is 6.10. The van der Waals surface area contributed by atoms with Crippen LogP contribution in [0.1, 0.15) is 22.4 Å². The van der Waals surface area contributed by atoms with Crippen molar-refractivity contribution in [2.45, 2.75) is 20.5 Å². The van der Waals surface area contributed by atoms with E-state index in [4.69, 9.17) is 4.74 Å². The Morgan fingerprint density at radius 1 is 1.12 bits per heavy atom. The SMILES string of the molecule is Cc1cccc(COc2ccc(Br)cc2-c2cc(C)[nH]c(=O)c2C#N)c1. The van der Waals surface area contributed by atoms with Gasteiger partial charge in [-0.25, -0.2) is 0 Å². The summed E-state index contributed by atoms with van der Waals surface area (Å²) in [5.74, 6) is 0.621. The lowest BCUT2D eigenvalue weighted by atomic mass is 10.00. The van der Waals surface area contributed by atoms with E-state index in [9.17, 15) is 10.1 Å². The first kappa shape index (κ1) is 18.0. The van der Waals surface area contributed by atoms with Gasteiger partial charge in [-0.3, -0.25) is 4.79 Å². The van der Waals surface area contributed by atoms with Gasteiger partial charge >= 0.3 is 0 Å². The molecule has 0 atom stereocenters. The Kier molecular flexibility index (Phi) is 5.24. The van der Waals surface area contributed by atoms with E-state index < -0.39 is 5.56 Å². The van der Waals surface area contributed by atoms with Crippen molar-refractivity contribution in [2.24, 2.45) is 0 Å². The zero-order valence-electron chi connectivity index (χ0n) is 14.5. The molecule has 0 aliphatic rings. The summed E-state index contributed by atoms with van der Waals surface area (Å²) in [4.78, 5) is 14.8. The van der Waals surface area contributed by atoms with E-state index >= 15 is 0 Å². The van der Waals surface area contributed by atoms with Gasteiger partial charge < -0.3 is 9.72 Å². The molecule has 0 aliphatic carbocycles. The molecule has 3 aromatic rings. The Bertz CT molecular complexity index is 1060. The number of halogens is 1. The first-order valence-electron chi connectivity index (χ1n) is 8.10. The van der Waals surface area contributed by atoms with Crippen LogP contribution in [-0.2, 0) is 6.61 Å². The highest BCUT2D eigenvalue weighted by Gasteiger charge is 2.15. The fraction of sp³-hybridized carbons (Fsp3) is 0.143. The fourth-order valence-corrected chi connectivity index (χ4v) is 3.17. The standard InChI is InChI=1S/C21H17BrN2O2/c1-13-4-3-5-15(8-13)12-26-20-7-6-16(22)10-18(20)17-9-14(2)24-21(25)19(17)11-23/h3-10H,12H2,1-2H3,(H,24,25). The van der Waals surface area contributed by atoms with Crippen molar-refractivity contribution in [2.75, 3.05) is 0 Å². The molecule has 1 aromatic heterocycles. The van der Waals surface area contributed by atoms with Crippen LogP contribution in [0.25, 0.3) is 11.1 Å². The molecule has 5 heteroatoms. The third-order valence-electron chi connectivity index (χ3n) is 3.99. The third kappa shape index (κ3) is 3.87. The summed E-state index contributed by atoms with van der Waals surface area (Å²) in [6, 6.07) is 17.5. The molecule has 0 saturated heterocycles. The molecule has 4 nitrogen and oxygen atoms in total. The molecule has 3 rings (SSSR count). The number of benzene rings is 2. The normalized spacial score (nSPS) is 10.4. The number of hydrogen-bond acceptors (Lipinski definition) is 3. The molecule has 130 valence electrons. The molecule has 1 N–H and O–H groups in total. The molecule has 0 fully saturated rings. The van der Waals surface area contributed by atoms with Crippen LogP contribution < -0.4 is 10.3 Å². The number of rotatable bonds is 4. The van der Waals surface area contributed by atoms with Gasteiger partial charge in [0, 0.05) is 21.3 Å². The van der Waals surface area contributed by atoms with Crippen LogP contribution in [0, 0.1) is 25.2 Å². The summed E-state index contributed by atoms with van der Waals surface area (Å²) in [5.41, 5.74) is 3.86. The summed E-state index contributed by atoms with van der Waals surface area (Å²) in [6.45, 7) is 4.23. The van der Waals surface area contributed by atoms with E-state index in [-0.39, 0.29) is 5.56 Å². The van der Waals surface area contributed by atoms with Gasteiger partial charge in [0.15, 0.2) is 0 Å². The monoisotopic (exact) mass is 408 g/mol. The molecule has 26 heavy (non-hydrogen) atoms. The smallest absolute Gasteiger partial charge is 0.266 e. The number of nitrogens with one attached hydrogen (secondary N) is 1. The van der Waals surface area contributed by atoms with Crippen molar-refractivity contribution in [3.8, 4) is 22.9 Å². The van der Waals surface area contributed by atoms with E-state index in [1.54, 1.807) is 13.0 Å². The number of pyridine rings is 1. The van der Waals surface area contributed by atoms with Gasteiger partial charge in [0.1, 0.15) is 24.0 Å². The molecule has 1 heterocycles. The van der Waals surface area contributed by atoms with Crippen LogP contribution in [0.2, 0.25) is 0 Å². The lowest BCUT2D eigenvalue weighted by Gasteiger charge is -2.14. The lowest BCUT2D eigenvalue weighted by molar-refractivity contribution is 0.307. The second-order valence-corrected chi connectivity index (χ2v) is 7.02. The Morgan fingerprint density at radius 3 is 2.65 bits per heavy atom. The van der Waals surface area contributed by atoms with Crippen LogP contribution in [0.5, 0.6) is 5.75 Å². The van der Waals surface area contributed by atoms with Crippen LogP contribution in [-0.4, -0.2) is 4.98 Å². The molecular weight excluding hydrogens is 392 g/mol. The van der Waals surface area contributed by atoms with Gasteiger partial charge in [-0.1, -0.05) is 45.8 Å². The van der Waals surface area contributed by atoms with E-state index in [1.165, 1.54) is 5.56 Å². The summed E-state index contributed by atoms with van der Waals surface area (Å²) < 4.78 is 6.87. The zero-order valence-corrected chi connectivity index (χ0v) is 16.1. The topological polar surface area (TPSA) is 65.9 Å². The van der Waals surface area contributed by atoms with Crippen LogP contribution in [0.4, 0.5) is 0 Å². The van der Waals surface area contributed by atoms with Gasteiger partial charge in [0.25, 0.3) is 5.56 Å². The Hall–Kier alpha value is -2.84. The van der Waals surface area contributed by atoms with Crippen molar-refractivity contribution >= 4 is 15.9 Å². The van der Waals surface area contributed by atoms with Crippen LogP contribution in [0.15, 0.2) is 57.8 Å². The number of aromatic amines is 1. The zero-order chi connectivity index (χ0) is 18.7. The molecule has 0 aliphatic heterocycles. The number of nitriles is 1. The fourth-order valence-electron chi connectivity index (χ4n) is 2.81. The predicted molar refractivity (Wildman–Crippen MR) is 105 cm³/mol. The van der Waals surface area contributed by atoms with Crippen LogP contribution >= 0.6 is 15.9 Å². The maximum atomic E-state index is 12.1. The average Bonchev–Trinajstić information content (AvgIpc) is 2.60.